The highest BCUT2D eigenvalue weighted by Crippen LogP contribution is 2.32. The molecule has 150 valence electrons. The van der Waals surface area contributed by atoms with Gasteiger partial charge in [0, 0.05) is 45.5 Å². The van der Waals surface area contributed by atoms with Gasteiger partial charge in [0.25, 0.3) is 5.56 Å². The molecule has 5 aromatic rings. The van der Waals surface area contributed by atoms with Crippen LogP contribution < -0.4 is 10.9 Å². The van der Waals surface area contributed by atoms with Crippen LogP contribution in [0.5, 0.6) is 0 Å². The Kier molecular flexibility index (Phi) is 4.73. The summed E-state index contributed by atoms with van der Waals surface area (Å²) in [6.07, 6.45) is 4.95. The minimum atomic E-state index is -0.235. The number of nitrogens with zero attached hydrogens (tertiary/aromatic N) is 3. The average molecular weight is 472 g/mol. The van der Waals surface area contributed by atoms with E-state index >= 15 is 0 Å². The minimum absolute atomic E-state index is 0.235. The van der Waals surface area contributed by atoms with Crippen LogP contribution in [-0.2, 0) is 0 Å². The summed E-state index contributed by atoms with van der Waals surface area (Å²) in [5, 5.41) is 9.18. The molecule has 2 N–H and O–H groups in total. The lowest BCUT2D eigenvalue weighted by Gasteiger charge is -2.11. The van der Waals surface area contributed by atoms with Gasteiger partial charge in [-0.05, 0) is 37.3 Å². The second kappa shape index (κ2) is 7.70. The van der Waals surface area contributed by atoms with E-state index in [-0.39, 0.29) is 5.56 Å². The van der Waals surface area contributed by atoms with Crippen molar-refractivity contribution in [1.29, 1.82) is 0 Å². The highest BCUT2D eigenvalue weighted by atomic mass is 79.9. The third kappa shape index (κ3) is 3.67. The Bertz CT molecular complexity index is 1560. The van der Waals surface area contributed by atoms with E-state index in [1.54, 1.807) is 24.7 Å². The summed E-state index contributed by atoms with van der Waals surface area (Å²) in [5.74, 6) is 7.94. The van der Waals surface area contributed by atoms with Crippen LogP contribution in [0.4, 0.5) is 11.6 Å². The van der Waals surface area contributed by atoms with Gasteiger partial charge < -0.3 is 14.8 Å². The number of benzene rings is 1. The van der Waals surface area contributed by atoms with Crippen molar-refractivity contribution < 1.29 is 4.52 Å². The van der Waals surface area contributed by atoms with Gasteiger partial charge in [-0.1, -0.05) is 32.9 Å². The van der Waals surface area contributed by atoms with Gasteiger partial charge in [-0.25, -0.2) is 4.98 Å². The molecule has 0 aliphatic rings. The summed E-state index contributed by atoms with van der Waals surface area (Å²) in [7, 11) is 0. The maximum atomic E-state index is 12.8. The molecule has 0 spiro atoms. The molecule has 4 aromatic heterocycles. The molecule has 0 aliphatic carbocycles. The second-order valence-corrected chi connectivity index (χ2v) is 7.76. The number of aryl methyl sites for hydroxylation is 1. The molecular formula is C23H14BrN5O2. The first-order valence-corrected chi connectivity index (χ1v) is 10.1. The van der Waals surface area contributed by atoms with Gasteiger partial charge in [-0.3, -0.25) is 9.78 Å². The van der Waals surface area contributed by atoms with E-state index in [1.165, 1.54) is 0 Å². The van der Waals surface area contributed by atoms with Crippen LogP contribution in [0.1, 0.15) is 16.9 Å². The molecule has 1 aromatic carbocycles. The van der Waals surface area contributed by atoms with E-state index < -0.39 is 0 Å². The van der Waals surface area contributed by atoms with Crippen molar-refractivity contribution in [2.24, 2.45) is 0 Å². The maximum absolute atomic E-state index is 12.8. The van der Waals surface area contributed by atoms with Crippen molar-refractivity contribution in [3.05, 3.63) is 86.7 Å². The molecule has 0 atom stereocenters. The molecule has 5 rings (SSSR count). The Balaban J connectivity index is 1.79. The van der Waals surface area contributed by atoms with Crippen LogP contribution >= 0.6 is 15.9 Å². The molecule has 0 saturated carbocycles. The first kappa shape index (κ1) is 19.0. The summed E-state index contributed by atoms with van der Waals surface area (Å²) >= 11 is 3.50. The van der Waals surface area contributed by atoms with Crippen molar-refractivity contribution in [1.82, 2.24) is 20.1 Å². The van der Waals surface area contributed by atoms with Crippen LogP contribution in [0.25, 0.3) is 21.7 Å². The lowest BCUT2D eigenvalue weighted by atomic mass is 10.0. The van der Waals surface area contributed by atoms with Crippen LogP contribution in [-0.4, -0.2) is 20.1 Å². The first-order valence-electron chi connectivity index (χ1n) is 9.35. The SMILES string of the molecule is Cc1cc(Nc2nc3c(C#Cc4cccnc4)c[nH]c(=O)c3c3cc(Br)ccc23)no1. The fourth-order valence-corrected chi connectivity index (χ4v) is 3.66. The van der Waals surface area contributed by atoms with Crippen molar-refractivity contribution in [2.75, 3.05) is 5.32 Å². The minimum Gasteiger partial charge on any atom is -0.360 e. The second-order valence-electron chi connectivity index (χ2n) is 6.84. The monoisotopic (exact) mass is 471 g/mol. The first-order chi connectivity index (χ1) is 15.1. The lowest BCUT2D eigenvalue weighted by Crippen LogP contribution is -2.09. The number of rotatable bonds is 2. The van der Waals surface area contributed by atoms with Gasteiger partial charge in [0.15, 0.2) is 5.82 Å². The molecule has 7 nitrogen and oxygen atoms in total. The predicted molar refractivity (Wildman–Crippen MR) is 122 cm³/mol. The zero-order chi connectivity index (χ0) is 21.4. The predicted octanol–water partition coefficient (Wildman–Crippen LogP) is 4.67. The van der Waals surface area contributed by atoms with E-state index in [0.29, 0.717) is 33.9 Å². The Hall–Kier alpha value is -3.96. The van der Waals surface area contributed by atoms with E-state index in [9.17, 15) is 4.79 Å². The summed E-state index contributed by atoms with van der Waals surface area (Å²) in [6.45, 7) is 1.81. The van der Waals surface area contributed by atoms with Crippen molar-refractivity contribution >= 4 is 49.2 Å². The lowest BCUT2D eigenvalue weighted by molar-refractivity contribution is 0.400. The quantitative estimate of drug-likeness (QED) is 0.286. The standard InChI is InChI=1S/C23H14BrN5O2/c1-13-9-19(29-31-13)27-22-17-7-6-16(24)10-18(17)20-21(28-22)15(12-26-23(20)30)5-4-14-3-2-8-25-11-14/h2-3,6-12H,1H3,(H,26,30)(H,27,28,29). The third-order valence-corrected chi connectivity index (χ3v) is 5.17. The molecule has 4 heterocycles. The number of hydrogen-bond acceptors (Lipinski definition) is 6. The van der Waals surface area contributed by atoms with Gasteiger partial charge in [-0.15, -0.1) is 0 Å². The number of halogens is 1. The molecule has 0 amide bonds. The highest BCUT2D eigenvalue weighted by Gasteiger charge is 2.15. The third-order valence-electron chi connectivity index (χ3n) is 4.67. The number of fused-ring (bicyclic) bond motifs is 3. The zero-order valence-electron chi connectivity index (χ0n) is 16.2. The van der Waals surface area contributed by atoms with Gasteiger partial charge in [0.1, 0.15) is 11.6 Å². The van der Waals surface area contributed by atoms with Crippen LogP contribution in [0.15, 0.2) is 68.8 Å². The Morgan fingerprint density at radius 2 is 2.06 bits per heavy atom. The van der Waals surface area contributed by atoms with Gasteiger partial charge in [0.05, 0.1) is 16.5 Å². The molecule has 0 fully saturated rings. The van der Waals surface area contributed by atoms with Gasteiger partial charge in [0.2, 0.25) is 0 Å². The van der Waals surface area contributed by atoms with E-state index in [1.807, 2.05) is 37.3 Å². The van der Waals surface area contributed by atoms with E-state index in [4.69, 9.17) is 9.51 Å². The molecule has 0 radical (unpaired) electrons. The number of aromatic amines is 1. The molecule has 8 heteroatoms. The van der Waals surface area contributed by atoms with Crippen LogP contribution in [0.3, 0.4) is 0 Å². The van der Waals surface area contributed by atoms with E-state index in [0.717, 1.165) is 20.8 Å². The molecule has 31 heavy (non-hydrogen) atoms. The number of aromatic nitrogens is 4. The van der Waals surface area contributed by atoms with Gasteiger partial charge >= 0.3 is 0 Å². The molecule has 0 aliphatic heterocycles. The Labute approximate surface area is 184 Å². The molecule has 0 bridgehead atoms. The summed E-state index contributed by atoms with van der Waals surface area (Å²) < 4.78 is 6.00. The largest absolute Gasteiger partial charge is 0.360 e. The van der Waals surface area contributed by atoms with Crippen molar-refractivity contribution in [3.63, 3.8) is 0 Å². The fourth-order valence-electron chi connectivity index (χ4n) is 3.30. The maximum Gasteiger partial charge on any atom is 0.258 e. The van der Waals surface area contributed by atoms with Crippen LogP contribution in [0, 0.1) is 18.8 Å². The number of anilines is 2. The number of pyridine rings is 3. The Morgan fingerprint density at radius 1 is 1.16 bits per heavy atom. The average Bonchev–Trinajstić information content (AvgIpc) is 3.18. The van der Waals surface area contributed by atoms with Crippen molar-refractivity contribution in [3.8, 4) is 11.8 Å². The Morgan fingerprint density at radius 3 is 2.84 bits per heavy atom. The van der Waals surface area contributed by atoms with Crippen LogP contribution in [0.2, 0.25) is 0 Å². The topological polar surface area (TPSA) is 96.7 Å². The summed E-state index contributed by atoms with van der Waals surface area (Å²) in [6, 6.07) is 11.2. The zero-order valence-corrected chi connectivity index (χ0v) is 17.8. The van der Waals surface area contributed by atoms with Gasteiger partial charge in [-0.2, -0.15) is 0 Å². The van der Waals surface area contributed by atoms with E-state index in [2.05, 4.69) is 48.2 Å². The highest BCUT2D eigenvalue weighted by molar-refractivity contribution is 9.10. The number of nitrogens with one attached hydrogen (secondary N) is 2. The molecular weight excluding hydrogens is 458 g/mol. The molecule has 0 unspecified atom stereocenters. The molecule has 0 saturated heterocycles. The number of H-pyrrole nitrogens is 1. The fraction of sp³-hybridized carbons (Fsp3) is 0.0435. The van der Waals surface area contributed by atoms with Crippen molar-refractivity contribution in [2.45, 2.75) is 6.92 Å². The summed E-state index contributed by atoms with van der Waals surface area (Å²) in [5.41, 5.74) is 1.62. The number of hydrogen-bond donors (Lipinski definition) is 2. The summed E-state index contributed by atoms with van der Waals surface area (Å²) in [4.78, 5) is 24.4. The smallest absolute Gasteiger partial charge is 0.258 e. The normalized spacial score (nSPS) is 10.8.